The SMILES string of the molecule is NC1=C(c2ncc(Cl)cn2)CN(C(=O)c2ccc(F)cc2OC2CC3CC(F)C(C2)N3CCO)C1. The molecule has 35 heavy (non-hydrogen) atoms. The van der Waals surface area contributed by atoms with Gasteiger partial charge in [-0.1, -0.05) is 11.6 Å². The third-order valence-corrected chi connectivity index (χ3v) is 7.15. The summed E-state index contributed by atoms with van der Waals surface area (Å²) in [5.74, 6) is -0.380. The zero-order valence-corrected chi connectivity index (χ0v) is 19.7. The maximum absolute atomic E-state index is 14.5. The Morgan fingerprint density at radius 1 is 1.23 bits per heavy atom. The molecule has 3 N–H and O–H groups in total. The molecular weight excluding hydrogens is 480 g/mol. The van der Waals surface area contributed by atoms with Gasteiger partial charge < -0.3 is 20.5 Å². The van der Waals surface area contributed by atoms with Gasteiger partial charge >= 0.3 is 0 Å². The number of carbonyl (C=O) groups is 1. The summed E-state index contributed by atoms with van der Waals surface area (Å²) in [5.41, 5.74) is 7.48. The highest BCUT2D eigenvalue weighted by atomic mass is 35.5. The summed E-state index contributed by atoms with van der Waals surface area (Å²) in [6.45, 7) is 0.736. The van der Waals surface area contributed by atoms with Crippen LogP contribution < -0.4 is 10.5 Å². The van der Waals surface area contributed by atoms with Crippen molar-refractivity contribution in [2.24, 2.45) is 5.73 Å². The van der Waals surface area contributed by atoms with Crippen LogP contribution in [0, 0.1) is 5.82 Å². The number of piperidine rings is 1. The number of aromatic nitrogens is 2. The third-order valence-electron chi connectivity index (χ3n) is 6.95. The van der Waals surface area contributed by atoms with E-state index in [1.807, 2.05) is 4.90 Å². The Morgan fingerprint density at radius 2 is 2.00 bits per heavy atom. The van der Waals surface area contributed by atoms with Gasteiger partial charge in [0.25, 0.3) is 5.91 Å². The first-order valence-electron chi connectivity index (χ1n) is 11.6. The van der Waals surface area contributed by atoms with E-state index in [9.17, 15) is 18.7 Å². The Bertz CT molecular complexity index is 1150. The van der Waals surface area contributed by atoms with E-state index in [0.29, 0.717) is 47.9 Å². The summed E-state index contributed by atoms with van der Waals surface area (Å²) < 4.78 is 34.8. The predicted molar refractivity (Wildman–Crippen MR) is 125 cm³/mol. The lowest BCUT2D eigenvalue weighted by molar-refractivity contribution is 0.0285. The van der Waals surface area contributed by atoms with Crippen molar-refractivity contribution in [3.8, 4) is 5.75 Å². The molecule has 8 nitrogen and oxygen atoms in total. The smallest absolute Gasteiger partial charge is 0.258 e. The summed E-state index contributed by atoms with van der Waals surface area (Å²) in [5, 5.41) is 9.71. The van der Waals surface area contributed by atoms with E-state index in [1.54, 1.807) is 0 Å². The number of carbonyl (C=O) groups excluding carboxylic acids is 1. The molecule has 186 valence electrons. The monoisotopic (exact) mass is 505 g/mol. The number of fused-ring (bicyclic) bond motifs is 2. The highest BCUT2D eigenvalue weighted by Gasteiger charge is 2.47. The Balaban J connectivity index is 1.32. The molecule has 2 saturated heterocycles. The summed E-state index contributed by atoms with van der Waals surface area (Å²) >= 11 is 5.86. The molecule has 5 rings (SSSR count). The highest BCUT2D eigenvalue weighted by Crippen LogP contribution is 2.39. The number of alkyl halides is 1. The minimum atomic E-state index is -0.999. The summed E-state index contributed by atoms with van der Waals surface area (Å²) in [6.07, 6.45) is 2.88. The molecule has 1 aromatic heterocycles. The van der Waals surface area contributed by atoms with Crippen LogP contribution in [0.5, 0.6) is 5.75 Å². The second-order valence-corrected chi connectivity index (χ2v) is 9.61. The number of nitrogens with two attached hydrogens (primary N) is 1. The predicted octanol–water partition coefficient (Wildman–Crippen LogP) is 2.41. The number of amides is 1. The average Bonchev–Trinajstić information content (AvgIpc) is 3.29. The molecule has 3 aliphatic heterocycles. The minimum absolute atomic E-state index is 0.0379. The van der Waals surface area contributed by atoms with E-state index >= 15 is 0 Å². The molecule has 2 fully saturated rings. The van der Waals surface area contributed by atoms with Gasteiger partial charge in [0.1, 0.15) is 23.8 Å². The molecule has 1 aromatic carbocycles. The van der Waals surface area contributed by atoms with Crippen LogP contribution in [0.25, 0.3) is 5.57 Å². The lowest BCUT2D eigenvalue weighted by atomic mass is 9.99. The summed E-state index contributed by atoms with van der Waals surface area (Å²) in [6, 6.07) is 3.38. The number of aliphatic hydroxyl groups is 1. The second kappa shape index (κ2) is 9.67. The van der Waals surface area contributed by atoms with Gasteiger partial charge in [-0.05, 0) is 18.6 Å². The fraction of sp³-hybridized carbons (Fsp3) is 0.458. The quantitative estimate of drug-likeness (QED) is 0.621. The van der Waals surface area contributed by atoms with Crippen LogP contribution in [0.2, 0.25) is 5.02 Å². The molecule has 0 aliphatic carbocycles. The maximum Gasteiger partial charge on any atom is 0.258 e. The second-order valence-electron chi connectivity index (χ2n) is 9.18. The zero-order chi connectivity index (χ0) is 24.7. The standard InChI is InChI=1S/C24H26ClF2N5O3/c25-13-9-29-23(30-10-13)18-11-31(12-20(18)28)24(34)17-2-1-14(26)5-22(17)35-16-6-15-7-19(27)21(8-16)32(15)3-4-33/h1-2,5,9-10,15-16,19,21,33H,3-4,6-8,11-12,28H2. The van der Waals surface area contributed by atoms with Crippen LogP contribution >= 0.6 is 11.6 Å². The van der Waals surface area contributed by atoms with Gasteiger partial charge in [-0.25, -0.2) is 18.7 Å². The molecule has 4 atom stereocenters. The van der Waals surface area contributed by atoms with Crippen LogP contribution in [0.4, 0.5) is 8.78 Å². The first kappa shape index (κ1) is 23.9. The van der Waals surface area contributed by atoms with E-state index in [4.69, 9.17) is 22.1 Å². The Labute approximate surface area is 206 Å². The highest BCUT2D eigenvalue weighted by molar-refractivity contribution is 6.30. The van der Waals surface area contributed by atoms with Crippen LogP contribution in [0.15, 0.2) is 36.3 Å². The van der Waals surface area contributed by atoms with E-state index < -0.39 is 12.0 Å². The molecule has 0 spiro atoms. The van der Waals surface area contributed by atoms with Crippen molar-refractivity contribution in [2.75, 3.05) is 26.2 Å². The number of nitrogens with zero attached hydrogens (tertiary/aromatic N) is 4. The lowest BCUT2D eigenvalue weighted by Gasteiger charge is -2.38. The first-order valence-corrected chi connectivity index (χ1v) is 11.9. The third kappa shape index (κ3) is 4.70. The maximum atomic E-state index is 14.5. The molecule has 1 amide bonds. The molecule has 4 heterocycles. The minimum Gasteiger partial charge on any atom is -0.489 e. The van der Waals surface area contributed by atoms with Crippen molar-refractivity contribution >= 4 is 23.1 Å². The Morgan fingerprint density at radius 3 is 2.71 bits per heavy atom. The number of aliphatic hydroxyl groups excluding tert-OH is 1. The van der Waals surface area contributed by atoms with E-state index in [-0.39, 0.29) is 55.1 Å². The van der Waals surface area contributed by atoms with Gasteiger partial charge in [-0.3, -0.25) is 9.69 Å². The Hall–Kier alpha value is -2.82. The molecular formula is C24H26ClF2N5O3. The molecule has 0 radical (unpaired) electrons. The lowest BCUT2D eigenvalue weighted by Crippen LogP contribution is -2.48. The Kier molecular flexibility index (Phi) is 6.61. The summed E-state index contributed by atoms with van der Waals surface area (Å²) in [7, 11) is 0. The van der Waals surface area contributed by atoms with Crippen LogP contribution in [-0.4, -0.2) is 81.4 Å². The number of ether oxygens (including phenoxy) is 1. The van der Waals surface area contributed by atoms with Gasteiger partial charge in [0.15, 0.2) is 5.82 Å². The topological polar surface area (TPSA) is 105 Å². The van der Waals surface area contributed by atoms with Crippen molar-refractivity contribution in [1.29, 1.82) is 0 Å². The molecule has 2 aromatic rings. The molecule has 11 heteroatoms. The van der Waals surface area contributed by atoms with Crippen LogP contribution in [-0.2, 0) is 0 Å². The summed E-state index contributed by atoms with van der Waals surface area (Å²) in [4.78, 5) is 25.3. The van der Waals surface area contributed by atoms with Crippen molar-refractivity contribution in [1.82, 2.24) is 19.8 Å². The van der Waals surface area contributed by atoms with Gasteiger partial charge in [0.05, 0.1) is 30.3 Å². The molecule has 3 aliphatic rings. The number of halogens is 3. The molecule has 4 unspecified atom stereocenters. The average molecular weight is 506 g/mol. The van der Waals surface area contributed by atoms with Gasteiger partial charge in [0, 0.05) is 61.2 Å². The van der Waals surface area contributed by atoms with Crippen molar-refractivity contribution < 1.29 is 23.4 Å². The van der Waals surface area contributed by atoms with E-state index in [0.717, 1.165) is 0 Å². The van der Waals surface area contributed by atoms with Gasteiger partial charge in [0.2, 0.25) is 0 Å². The van der Waals surface area contributed by atoms with Crippen molar-refractivity contribution in [3.63, 3.8) is 0 Å². The van der Waals surface area contributed by atoms with E-state index in [1.165, 1.54) is 35.5 Å². The zero-order valence-electron chi connectivity index (χ0n) is 18.9. The fourth-order valence-electron chi connectivity index (χ4n) is 5.37. The van der Waals surface area contributed by atoms with Crippen molar-refractivity contribution in [3.05, 3.63) is 58.5 Å². The normalized spacial score (nSPS) is 26.5. The number of rotatable bonds is 6. The number of hydrogen-bond acceptors (Lipinski definition) is 7. The van der Waals surface area contributed by atoms with Crippen molar-refractivity contribution in [2.45, 2.75) is 43.6 Å². The van der Waals surface area contributed by atoms with Gasteiger partial charge in [-0.15, -0.1) is 0 Å². The first-order chi connectivity index (χ1) is 16.8. The van der Waals surface area contributed by atoms with E-state index in [2.05, 4.69) is 9.97 Å². The molecule has 2 bridgehead atoms. The fourth-order valence-corrected chi connectivity index (χ4v) is 5.47. The van der Waals surface area contributed by atoms with Gasteiger partial charge in [-0.2, -0.15) is 0 Å². The number of hydrogen-bond donors (Lipinski definition) is 2. The van der Waals surface area contributed by atoms with Crippen LogP contribution in [0.3, 0.4) is 0 Å². The largest absolute Gasteiger partial charge is 0.489 e. The number of benzene rings is 1. The van der Waals surface area contributed by atoms with Crippen LogP contribution in [0.1, 0.15) is 35.4 Å². The molecule has 0 saturated carbocycles.